The molecule has 0 spiro atoms. The lowest BCUT2D eigenvalue weighted by Gasteiger charge is -2.29. The van der Waals surface area contributed by atoms with Crippen LogP contribution in [-0.2, 0) is 10.8 Å². The summed E-state index contributed by atoms with van der Waals surface area (Å²) in [5.74, 6) is 0. The summed E-state index contributed by atoms with van der Waals surface area (Å²) in [5, 5.41) is 13.9. The molecule has 6 heteroatoms. The standard InChI is InChI=1S/C86H62N4O2/c1-85(2,3)53-33-37-55(38-34-53)87(81-57(51-21-9-7-10-22-51)41-43-63-59-25-15-19-31-75(59)91-83(63)81)71-47-45-61-67-49-74-68(50-73(67)89-69-29-17-13-27-65(69)77(71)79(61)89)62-46-48-72(78-66-28-14-18-30-70(66)90(74)80(62)78)88(56-39-35-54(36-40-56)86(4,5)6)82-58(52-23-11-8-12-24-52)42-44-64-60-26-16-20-32-76(60)92-84(64)82/h7-50H,1-6H3. The normalized spacial score (nSPS) is 12.7. The zero-order valence-electron chi connectivity index (χ0n) is 52.0. The van der Waals surface area contributed by atoms with Crippen LogP contribution in [0.3, 0.4) is 0 Å². The molecule has 0 atom stereocenters. The predicted octanol–water partition coefficient (Wildman–Crippen LogP) is 24.7. The minimum absolute atomic E-state index is 0.0385. The predicted molar refractivity (Wildman–Crippen MR) is 388 cm³/mol. The van der Waals surface area contributed by atoms with Gasteiger partial charge in [0.05, 0.1) is 55.8 Å². The van der Waals surface area contributed by atoms with Crippen LogP contribution in [0.25, 0.3) is 142 Å². The van der Waals surface area contributed by atoms with Crippen molar-refractivity contribution in [3.63, 3.8) is 0 Å². The second kappa shape index (κ2) is 19.1. The van der Waals surface area contributed by atoms with Gasteiger partial charge in [-0.25, -0.2) is 0 Å². The highest BCUT2D eigenvalue weighted by atomic mass is 16.3. The van der Waals surface area contributed by atoms with E-state index in [2.05, 4.69) is 327 Å². The summed E-state index contributed by atoms with van der Waals surface area (Å²) >= 11 is 0. The fraction of sp³-hybridized carbons (Fsp3) is 0.0930. The molecule has 0 aliphatic heterocycles. The second-order valence-electron chi connectivity index (χ2n) is 27.2. The van der Waals surface area contributed by atoms with E-state index in [1.807, 2.05) is 0 Å². The molecule has 0 radical (unpaired) electrons. The summed E-state index contributed by atoms with van der Waals surface area (Å²) in [5.41, 5.74) is 23.6. The highest BCUT2D eigenvalue weighted by Gasteiger charge is 2.33. The Balaban J connectivity index is 0.894. The molecule has 438 valence electrons. The molecule has 0 unspecified atom stereocenters. The van der Waals surface area contributed by atoms with Gasteiger partial charge in [-0.1, -0.05) is 224 Å². The Bertz CT molecular complexity index is 5810. The fourth-order valence-corrected chi connectivity index (χ4v) is 15.5. The highest BCUT2D eigenvalue weighted by Crippen LogP contribution is 2.56. The van der Waals surface area contributed by atoms with E-state index in [9.17, 15) is 0 Å². The molecular formula is C86H62N4O2. The monoisotopic (exact) mass is 1180 g/mol. The molecule has 0 amide bonds. The Morgan fingerprint density at radius 1 is 0.293 bits per heavy atom. The van der Waals surface area contributed by atoms with Gasteiger partial charge in [-0.3, -0.25) is 0 Å². The van der Waals surface area contributed by atoms with E-state index in [-0.39, 0.29) is 10.8 Å². The SMILES string of the molecule is CC(C)(C)c1ccc(N(c2c(-c3ccccc3)ccc3c2oc2ccccc23)c2ccc3c4cc5c(cc4n4c6ccccc6c2c34)c2ccc(N(c3ccc(C(C)(C)C)cc3)c3c(-c4ccccc4)ccc4c3oc3ccccc34)c3c4ccccc4n5c23)cc1. The van der Waals surface area contributed by atoms with Crippen molar-refractivity contribution in [2.45, 2.75) is 52.4 Å². The number of rotatable bonds is 8. The number of benzene rings is 13. The summed E-state index contributed by atoms with van der Waals surface area (Å²) in [6.45, 7) is 13.7. The molecule has 92 heavy (non-hydrogen) atoms. The maximum atomic E-state index is 7.14. The van der Waals surface area contributed by atoms with Gasteiger partial charge in [-0.05, 0) is 118 Å². The van der Waals surface area contributed by atoms with Crippen LogP contribution < -0.4 is 9.80 Å². The van der Waals surface area contributed by atoms with E-state index in [0.29, 0.717) is 0 Å². The van der Waals surface area contributed by atoms with Crippen LogP contribution in [0.15, 0.2) is 276 Å². The molecule has 0 fully saturated rings. The van der Waals surface area contributed by atoms with Gasteiger partial charge in [0.2, 0.25) is 0 Å². The number of furan rings is 2. The Morgan fingerprint density at radius 3 is 1.05 bits per heavy atom. The Kier molecular flexibility index (Phi) is 10.9. The number of para-hydroxylation sites is 4. The smallest absolute Gasteiger partial charge is 0.160 e. The summed E-state index contributed by atoms with van der Waals surface area (Å²) in [6.07, 6.45) is 0. The largest absolute Gasteiger partial charge is 0.454 e. The molecule has 0 aliphatic carbocycles. The lowest BCUT2D eigenvalue weighted by Crippen LogP contribution is -2.14. The number of hydrogen-bond acceptors (Lipinski definition) is 4. The van der Waals surface area contributed by atoms with E-state index in [0.717, 1.165) is 111 Å². The number of fused-ring (bicyclic) bond motifs is 18. The van der Waals surface area contributed by atoms with Crippen LogP contribution in [0.5, 0.6) is 0 Å². The minimum Gasteiger partial charge on any atom is -0.454 e. The van der Waals surface area contributed by atoms with E-state index >= 15 is 0 Å². The third-order valence-corrected chi connectivity index (χ3v) is 19.9. The summed E-state index contributed by atoms with van der Waals surface area (Å²) < 4.78 is 19.4. The molecule has 0 aliphatic rings. The maximum absolute atomic E-state index is 7.14. The lowest BCUT2D eigenvalue weighted by molar-refractivity contribution is 0.590. The van der Waals surface area contributed by atoms with E-state index in [4.69, 9.17) is 8.83 Å². The topological polar surface area (TPSA) is 41.6 Å². The van der Waals surface area contributed by atoms with Gasteiger partial charge < -0.3 is 27.4 Å². The number of anilines is 6. The van der Waals surface area contributed by atoms with Crippen LogP contribution >= 0.6 is 0 Å². The molecule has 0 saturated heterocycles. The van der Waals surface area contributed by atoms with Crippen LogP contribution in [0.2, 0.25) is 0 Å². The Morgan fingerprint density at radius 2 is 0.652 bits per heavy atom. The van der Waals surface area contributed by atoms with Crippen LogP contribution in [0.4, 0.5) is 34.1 Å². The van der Waals surface area contributed by atoms with E-state index in [1.54, 1.807) is 0 Å². The number of hydrogen-bond donors (Lipinski definition) is 0. The maximum Gasteiger partial charge on any atom is 0.160 e. The van der Waals surface area contributed by atoms with Crippen molar-refractivity contribution in [1.82, 2.24) is 8.80 Å². The molecule has 19 rings (SSSR count). The van der Waals surface area contributed by atoms with E-state index in [1.165, 1.54) is 76.3 Å². The molecule has 6 heterocycles. The van der Waals surface area contributed by atoms with Crippen molar-refractivity contribution in [2.75, 3.05) is 9.80 Å². The molecule has 0 N–H and O–H groups in total. The Hall–Kier alpha value is -11.3. The van der Waals surface area contributed by atoms with Crippen molar-refractivity contribution < 1.29 is 8.83 Å². The molecule has 6 aromatic heterocycles. The summed E-state index contributed by atoms with van der Waals surface area (Å²) in [6, 6.07) is 98.6. The quantitative estimate of drug-likeness (QED) is 0.152. The first kappa shape index (κ1) is 52.6. The molecule has 19 aromatic rings. The van der Waals surface area contributed by atoms with Gasteiger partial charge in [0.25, 0.3) is 0 Å². The van der Waals surface area contributed by atoms with Gasteiger partial charge in [0, 0.05) is 87.1 Å². The number of aromatic nitrogens is 2. The molecule has 0 bridgehead atoms. The third-order valence-electron chi connectivity index (χ3n) is 19.9. The van der Waals surface area contributed by atoms with Crippen molar-refractivity contribution in [2.24, 2.45) is 0 Å². The van der Waals surface area contributed by atoms with Crippen molar-refractivity contribution in [3.8, 4) is 22.3 Å². The first-order chi connectivity index (χ1) is 44.9. The van der Waals surface area contributed by atoms with Gasteiger partial charge >= 0.3 is 0 Å². The average molecular weight is 1180 g/mol. The molecule has 0 saturated carbocycles. The van der Waals surface area contributed by atoms with Crippen LogP contribution in [0.1, 0.15) is 52.7 Å². The first-order valence-corrected chi connectivity index (χ1v) is 32.1. The van der Waals surface area contributed by atoms with Crippen molar-refractivity contribution in [1.29, 1.82) is 0 Å². The second-order valence-corrected chi connectivity index (χ2v) is 27.2. The summed E-state index contributed by atoms with van der Waals surface area (Å²) in [4.78, 5) is 4.99. The van der Waals surface area contributed by atoms with Gasteiger partial charge in [0.1, 0.15) is 11.2 Å². The highest BCUT2D eigenvalue weighted by molar-refractivity contribution is 6.33. The van der Waals surface area contributed by atoms with Gasteiger partial charge in [-0.2, -0.15) is 0 Å². The molecule has 13 aromatic carbocycles. The van der Waals surface area contributed by atoms with Crippen molar-refractivity contribution >= 4 is 154 Å². The van der Waals surface area contributed by atoms with Gasteiger partial charge in [0.15, 0.2) is 11.2 Å². The fourth-order valence-electron chi connectivity index (χ4n) is 15.5. The zero-order valence-corrected chi connectivity index (χ0v) is 52.0. The zero-order chi connectivity index (χ0) is 61.5. The molecule has 6 nitrogen and oxygen atoms in total. The van der Waals surface area contributed by atoms with Crippen LogP contribution in [-0.4, -0.2) is 8.80 Å². The first-order valence-electron chi connectivity index (χ1n) is 32.1. The van der Waals surface area contributed by atoms with Crippen molar-refractivity contribution in [3.05, 3.63) is 278 Å². The average Bonchev–Trinajstić information content (AvgIpc) is 1.51. The Labute approximate surface area is 531 Å². The lowest BCUT2D eigenvalue weighted by atomic mass is 9.87. The minimum atomic E-state index is -0.0385. The van der Waals surface area contributed by atoms with Gasteiger partial charge in [-0.15, -0.1) is 0 Å². The molecular weight excluding hydrogens is 1120 g/mol. The summed E-state index contributed by atoms with van der Waals surface area (Å²) in [7, 11) is 0. The third kappa shape index (κ3) is 7.43. The van der Waals surface area contributed by atoms with Crippen LogP contribution in [0, 0.1) is 0 Å². The number of nitrogens with zero attached hydrogens (tertiary/aromatic N) is 4. The van der Waals surface area contributed by atoms with E-state index < -0.39 is 0 Å².